The first-order valence-corrected chi connectivity index (χ1v) is 9.16. The zero-order chi connectivity index (χ0) is 17.4. The summed E-state index contributed by atoms with van der Waals surface area (Å²) in [7, 11) is 4.39. The van der Waals surface area contributed by atoms with Gasteiger partial charge in [-0.25, -0.2) is 4.79 Å². The predicted octanol–water partition coefficient (Wildman–Crippen LogP) is 4.23. The predicted molar refractivity (Wildman–Crippen MR) is 98.9 cm³/mol. The van der Waals surface area contributed by atoms with Gasteiger partial charge >= 0.3 is 5.97 Å². The molecule has 1 unspecified atom stereocenters. The molecule has 1 aliphatic rings. The molecule has 1 aliphatic carbocycles. The zero-order valence-electron chi connectivity index (χ0n) is 15.3. The average Bonchev–Trinajstić information content (AvgIpc) is 2.57. The molecular formula is C21H31NO2. The van der Waals surface area contributed by atoms with Crippen LogP contribution in [0.1, 0.15) is 44.6 Å². The van der Waals surface area contributed by atoms with Crippen LogP contribution in [0.15, 0.2) is 42.0 Å². The number of carbonyl (C=O) groups is 1. The summed E-state index contributed by atoms with van der Waals surface area (Å²) in [5, 5.41) is 0. The molecule has 3 heteroatoms. The van der Waals surface area contributed by atoms with Crippen LogP contribution in [-0.2, 0) is 16.0 Å². The molecule has 1 aromatic carbocycles. The highest BCUT2D eigenvalue weighted by molar-refractivity contribution is 5.82. The van der Waals surface area contributed by atoms with E-state index < -0.39 is 0 Å². The van der Waals surface area contributed by atoms with E-state index in [2.05, 4.69) is 49.3 Å². The summed E-state index contributed by atoms with van der Waals surface area (Å²) in [5.74, 6) is 0.530. The summed E-state index contributed by atoms with van der Waals surface area (Å²) < 4.78 is 5.02. The van der Waals surface area contributed by atoms with Gasteiger partial charge in [0.25, 0.3) is 0 Å². The van der Waals surface area contributed by atoms with E-state index in [1.165, 1.54) is 30.4 Å². The molecule has 1 atom stereocenters. The minimum atomic E-state index is -0.181. The highest BCUT2D eigenvalue weighted by Crippen LogP contribution is 2.33. The standard InChI is InChI=1S/C21H31NO2/c1-4-24-21(23)16-18-10-13-19(14-11-18)20(22(2)3)15-12-17-8-6-5-7-9-17/h5-9,16,19-20H,4,10-15H2,1-3H3. The van der Waals surface area contributed by atoms with Gasteiger partial charge in [-0.15, -0.1) is 0 Å². The van der Waals surface area contributed by atoms with Crippen molar-refractivity contribution < 1.29 is 9.53 Å². The number of aryl methyl sites for hydroxylation is 1. The van der Waals surface area contributed by atoms with E-state index in [9.17, 15) is 4.79 Å². The molecule has 0 N–H and O–H groups in total. The Bertz CT molecular complexity index is 526. The molecule has 132 valence electrons. The lowest BCUT2D eigenvalue weighted by molar-refractivity contribution is -0.137. The molecule has 1 aromatic rings. The maximum atomic E-state index is 11.6. The first kappa shape index (κ1) is 18.7. The van der Waals surface area contributed by atoms with Gasteiger partial charge in [0.2, 0.25) is 0 Å². The molecule has 0 amide bonds. The van der Waals surface area contributed by atoms with Gasteiger partial charge < -0.3 is 9.64 Å². The molecule has 0 radical (unpaired) electrons. The Kier molecular flexibility index (Phi) is 7.51. The quantitative estimate of drug-likeness (QED) is 0.554. The fraction of sp³-hybridized carbons (Fsp3) is 0.571. The molecular weight excluding hydrogens is 298 g/mol. The van der Waals surface area contributed by atoms with Gasteiger partial charge in [0, 0.05) is 12.1 Å². The second-order valence-electron chi connectivity index (χ2n) is 6.95. The van der Waals surface area contributed by atoms with E-state index >= 15 is 0 Å². The Morgan fingerprint density at radius 1 is 1.25 bits per heavy atom. The SMILES string of the molecule is CCOC(=O)C=C1CCC(C(CCc2ccccc2)N(C)C)CC1. The highest BCUT2D eigenvalue weighted by atomic mass is 16.5. The normalized spacial score (nSPS) is 19.2. The number of rotatable bonds is 7. The fourth-order valence-electron chi connectivity index (χ4n) is 3.77. The fourth-order valence-corrected chi connectivity index (χ4v) is 3.77. The molecule has 3 nitrogen and oxygen atoms in total. The first-order chi connectivity index (χ1) is 11.6. The van der Waals surface area contributed by atoms with E-state index in [1.807, 2.05) is 6.92 Å². The van der Waals surface area contributed by atoms with E-state index in [4.69, 9.17) is 4.74 Å². The van der Waals surface area contributed by atoms with Crippen LogP contribution in [-0.4, -0.2) is 37.6 Å². The molecule has 24 heavy (non-hydrogen) atoms. The second kappa shape index (κ2) is 9.63. The number of nitrogens with zero attached hydrogens (tertiary/aromatic N) is 1. The molecule has 0 aromatic heterocycles. The zero-order valence-corrected chi connectivity index (χ0v) is 15.3. The summed E-state index contributed by atoms with van der Waals surface area (Å²) in [6, 6.07) is 11.3. The van der Waals surface area contributed by atoms with Crippen molar-refractivity contribution in [3.05, 3.63) is 47.5 Å². The molecule has 0 heterocycles. The summed E-state index contributed by atoms with van der Waals surface area (Å²) in [6.45, 7) is 2.30. The van der Waals surface area contributed by atoms with Crippen LogP contribution in [0, 0.1) is 5.92 Å². The maximum absolute atomic E-state index is 11.6. The van der Waals surface area contributed by atoms with Gasteiger partial charge in [-0.05, 0) is 71.0 Å². The van der Waals surface area contributed by atoms with Crippen molar-refractivity contribution in [1.82, 2.24) is 4.90 Å². The molecule has 0 spiro atoms. The van der Waals surface area contributed by atoms with Crippen molar-refractivity contribution in [3.8, 4) is 0 Å². The van der Waals surface area contributed by atoms with E-state index in [-0.39, 0.29) is 5.97 Å². The molecule has 0 aliphatic heterocycles. The summed E-state index contributed by atoms with van der Waals surface area (Å²) in [5.41, 5.74) is 2.67. The van der Waals surface area contributed by atoms with Gasteiger partial charge in [0.05, 0.1) is 6.61 Å². The van der Waals surface area contributed by atoms with Gasteiger partial charge in [0.15, 0.2) is 0 Å². The van der Waals surface area contributed by atoms with Crippen LogP contribution < -0.4 is 0 Å². The van der Waals surface area contributed by atoms with Crippen LogP contribution in [0.5, 0.6) is 0 Å². The third kappa shape index (κ3) is 5.79. The molecule has 1 fully saturated rings. The second-order valence-corrected chi connectivity index (χ2v) is 6.95. The van der Waals surface area contributed by atoms with Gasteiger partial charge in [0.1, 0.15) is 0 Å². The first-order valence-electron chi connectivity index (χ1n) is 9.16. The Labute approximate surface area is 146 Å². The van der Waals surface area contributed by atoms with Crippen LogP contribution >= 0.6 is 0 Å². The van der Waals surface area contributed by atoms with Gasteiger partial charge in [-0.1, -0.05) is 35.9 Å². The number of benzene rings is 1. The van der Waals surface area contributed by atoms with Crippen molar-refractivity contribution in [2.75, 3.05) is 20.7 Å². The van der Waals surface area contributed by atoms with Crippen LogP contribution in [0.2, 0.25) is 0 Å². The average molecular weight is 329 g/mol. The van der Waals surface area contributed by atoms with E-state index in [1.54, 1.807) is 6.08 Å². The topological polar surface area (TPSA) is 29.5 Å². The van der Waals surface area contributed by atoms with Gasteiger partial charge in [-0.2, -0.15) is 0 Å². The number of hydrogen-bond acceptors (Lipinski definition) is 3. The van der Waals surface area contributed by atoms with Crippen LogP contribution in [0.4, 0.5) is 0 Å². The summed E-state index contributed by atoms with van der Waals surface area (Å²) in [6.07, 6.45) is 8.43. The van der Waals surface area contributed by atoms with Gasteiger partial charge in [-0.3, -0.25) is 0 Å². The smallest absolute Gasteiger partial charge is 0.330 e. The third-order valence-corrected chi connectivity index (χ3v) is 5.06. The van der Waals surface area contributed by atoms with Crippen LogP contribution in [0.3, 0.4) is 0 Å². The Morgan fingerprint density at radius 2 is 1.92 bits per heavy atom. The van der Waals surface area contributed by atoms with Crippen molar-refractivity contribution in [2.45, 2.75) is 51.5 Å². The molecule has 0 saturated heterocycles. The van der Waals surface area contributed by atoms with Crippen molar-refractivity contribution >= 4 is 5.97 Å². The minimum Gasteiger partial charge on any atom is -0.463 e. The number of hydrogen-bond donors (Lipinski definition) is 0. The number of carbonyl (C=O) groups excluding carboxylic acids is 1. The maximum Gasteiger partial charge on any atom is 0.330 e. The molecule has 1 saturated carbocycles. The van der Waals surface area contributed by atoms with Crippen LogP contribution in [0.25, 0.3) is 0 Å². The monoisotopic (exact) mass is 329 g/mol. The lowest BCUT2D eigenvalue weighted by atomic mass is 9.79. The van der Waals surface area contributed by atoms with Crippen molar-refractivity contribution in [1.29, 1.82) is 0 Å². The largest absolute Gasteiger partial charge is 0.463 e. The Morgan fingerprint density at radius 3 is 2.50 bits per heavy atom. The van der Waals surface area contributed by atoms with E-state index in [0.29, 0.717) is 18.6 Å². The number of esters is 1. The highest BCUT2D eigenvalue weighted by Gasteiger charge is 2.26. The summed E-state index contributed by atoms with van der Waals surface area (Å²) in [4.78, 5) is 14.0. The lowest BCUT2D eigenvalue weighted by Gasteiger charge is -2.35. The minimum absolute atomic E-state index is 0.181. The lowest BCUT2D eigenvalue weighted by Crippen LogP contribution is -2.37. The third-order valence-electron chi connectivity index (χ3n) is 5.06. The molecule has 0 bridgehead atoms. The van der Waals surface area contributed by atoms with E-state index in [0.717, 1.165) is 19.3 Å². The number of ether oxygens (including phenoxy) is 1. The Balaban J connectivity index is 1.88. The Hall–Kier alpha value is -1.61. The van der Waals surface area contributed by atoms with Crippen molar-refractivity contribution in [3.63, 3.8) is 0 Å². The summed E-state index contributed by atoms with van der Waals surface area (Å²) >= 11 is 0. The molecule has 2 rings (SSSR count). The number of allylic oxidation sites excluding steroid dienone is 1. The van der Waals surface area contributed by atoms with Crippen molar-refractivity contribution in [2.24, 2.45) is 5.92 Å².